The molecular formula is C15H24N2O2. The van der Waals surface area contributed by atoms with Crippen LogP contribution < -0.4 is 10.1 Å². The molecule has 1 aliphatic heterocycles. The summed E-state index contributed by atoms with van der Waals surface area (Å²) in [7, 11) is 0. The summed E-state index contributed by atoms with van der Waals surface area (Å²) in [5, 5.41) is 13.4. The first-order valence-corrected chi connectivity index (χ1v) is 7.04. The fourth-order valence-electron chi connectivity index (χ4n) is 2.26. The monoisotopic (exact) mass is 264 g/mol. The Morgan fingerprint density at radius 3 is 2.84 bits per heavy atom. The van der Waals surface area contributed by atoms with Gasteiger partial charge in [0, 0.05) is 19.6 Å². The van der Waals surface area contributed by atoms with Gasteiger partial charge in [-0.05, 0) is 38.6 Å². The SMILES string of the molecule is Cc1ccc(OC[C@@H](O)CN2CCCNCC2)cc1. The predicted octanol–water partition coefficient (Wildman–Crippen LogP) is 1.03. The number of nitrogens with zero attached hydrogens (tertiary/aromatic N) is 1. The van der Waals surface area contributed by atoms with Crippen LogP contribution in [0.4, 0.5) is 0 Å². The summed E-state index contributed by atoms with van der Waals surface area (Å²) >= 11 is 0. The first kappa shape index (κ1) is 14.3. The number of nitrogens with one attached hydrogen (secondary N) is 1. The van der Waals surface area contributed by atoms with E-state index in [4.69, 9.17) is 4.74 Å². The van der Waals surface area contributed by atoms with E-state index in [9.17, 15) is 5.11 Å². The average Bonchev–Trinajstić information content (AvgIpc) is 2.67. The van der Waals surface area contributed by atoms with Crippen LogP contribution in [0.15, 0.2) is 24.3 Å². The van der Waals surface area contributed by atoms with Crippen molar-refractivity contribution in [1.82, 2.24) is 10.2 Å². The van der Waals surface area contributed by atoms with Crippen molar-refractivity contribution in [3.63, 3.8) is 0 Å². The first-order chi connectivity index (χ1) is 9.24. The lowest BCUT2D eigenvalue weighted by atomic mass is 10.2. The summed E-state index contributed by atoms with van der Waals surface area (Å²) in [5.74, 6) is 0.821. The number of hydrogen-bond acceptors (Lipinski definition) is 4. The molecule has 1 aromatic carbocycles. The van der Waals surface area contributed by atoms with Gasteiger partial charge in [-0.15, -0.1) is 0 Å². The molecule has 2 N–H and O–H groups in total. The highest BCUT2D eigenvalue weighted by molar-refractivity contribution is 5.26. The minimum atomic E-state index is -0.431. The molecule has 1 atom stereocenters. The molecule has 2 rings (SSSR count). The third kappa shape index (κ3) is 5.19. The Balaban J connectivity index is 1.71. The van der Waals surface area contributed by atoms with Crippen molar-refractivity contribution in [3.05, 3.63) is 29.8 Å². The molecule has 0 amide bonds. The third-order valence-electron chi connectivity index (χ3n) is 3.37. The van der Waals surface area contributed by atoms with Crippen LogP contribution in [0.1, 0.15) is 12.0 Å². The van der Waals surface area contributed by atoms with Crippen molar-refractivity contribution in [3.8, 4) is 5.75 Å². The number of β-amino-alcohol motifs (C(OH)–C–C–N with tert-alkyl or cyclic N) is 1. The smallest absolute Gasteiger partial charge is 0.119 e. The first-order valence-electron chi connectivity index (χ1n) is 7.04. The Morgan fingerprint density at radius 1 is 1.26 bits per heavy atom. The van der Waals surface area contributed by atoms with E-state index in [-0.39, 0.29) is 0 Å². The van der Waals surface area contributed by atoms with Crippen molar-refractivity contribution in [2.75, 3.05) is 39.3 Å². The molecule has 4 heteroatoms. The standard InChI is InChI=1S/C15H24N2O2/c1-13-3-5-15(6-4-13)19-12-14(18)11-17-9-2-7-16-8-10-17/h3-6,14,16,18H,2,7-12H2,1H3/t14-/m0/s1. The van der Waals surface area contributed by atoms with E-state index in [1.54, 1.807) is 0 Å². The van der Waals surface area contributed by atoms with Gasteiger partial charge in [0.25, 0.3) is 0 Å². The Morgan fingerprint density at radius 2 is 2.05 bits per heavy atom. The molecule has 0 unspecified atom stereocenters. The van der Waals surface area contributed by atoms with Gasteiger partial charge < -0.3 is 15.2 Å². The second-order valence-electron chi connectivity index (χ2n) is 5.18. The molecular weight excluding hydrogens is 240 g/mol. The van der Waals surface area contributed by atoms with Crippen LogP contribution in [0.2, 0.25) is 0 Å². The van der Waals surface area contributed by atoms with Gasteiger partial charge in [-0.25, -0.2) is 0 Å². The highest BCUT2D eigenvalue weighted by Crippen LogP contribution is 2.11. The van der Waals surface area contributed by atoms with E-state index in [2.05, 4.69) is 10.2 Å². The Hall–Kier alpha value is -1.10. The minimum absolute atomic E-state index is 0.354. The summed E-state index contributed by atoms with van der Waals surface area (Å²) < 4.78 is 5.60. The van der Waals surface area contributed by atoms with Gasteiger partial charge in [0.2, 0.25) is 0 Å². The van der Waals surface area contributed by atoms with E-state index in [0.29, 0.717) is 13.2 Å². The lowest BCUT2D eigenvalue weighted by molar-refractivity contribution is 0.0703. The second kappa shape index (κ2) is 7.48. The summed E-state index contributed by atoms with van der Waals surface area (Å²) in [6.45, 7) is 7.22. The van der Waals surface area contributed by atoms with Crippen LogP contribution in [0, 0.1) is 6.92 Å². The van der Waals surface area contributed by atoms with E-state index in [1.807, 2.05) is 31.2 Å². The number of aliphatic hydroxyl groups excluding tert-OH is 1. The quantitative estimate of drug-likeness (QED) is 0.834. The van der Waals surface area contributed by atoms with E-state index in [0.717, 1.165) is 38.3 Å². The highest BCUT2D eigenvalue weighted by atomic mass is 16.5. The Kier molecular flexibility index (Phi) is 5.63. The zero-order valence-electron chi connectivity index (χ0n) is 11.6. The zero-order valence-corrected chi connectivity index (χ0v) is 11.6. The molecule has 19 heavy (non-hydrogen) atoms. The highest BCUT2D eigenvalue weighted by Gasteiger charge is 2.13. The average molecular weight is 264 g/mol. The van der Waals surface area contributed by atoms with Gasteiger partial charge in [0.05, 0.1) is 0 Å². The summed E-state index contributed by atoms with van der Waals surface area (Å²) in [6, 6.07) is 7.92. The summed E-state index contributed by atoms with van der Waals surface area (Å²) in [6.07, 6.45) is 0.713. The molecule has 0 spiro atoms. The molecule has 0 aliphatic carbocycles. The maximum atomic E-state index is 10.0. The maximum Gasteiger partial charge on any atom is 0.119 e. The summed E-state index contributed by atoms with van der Waals surface area (Å²) in [4.78, 5) is 2.29. The molecule has 1 aliphatic rings. The number of benzene rings is 1. The Bertz CT molecular complexity index is 359. The maximum absolute atomic E-state index is 10.0. The topological polar surface area (TPSA) is 44.7 Å². The number of ether oxygens (including phenoxy) is 1. The molecule has 1 heterocycles. The lowest BCUT2D eigenvalue weighted by Gasteiger charge is -2.22. The van der Waals surface area contributed by atoms with Crippen LogP contribution in [0.3, 0.4) is 0 Å². The van der Waals surface area contributed by atoms with Gasteiger partial charge in [-0.3, -0.25) is 4.90 Å². The van der Waals surface area contributed by atoms with Gasteiger partial charge in [0.15, 0.2) is 0 Å². The van der Waals surface area contributed by atoms with E-state index >= 15 is 0 Å². The number of aliphatic hydroxyl groups is 1. The van der Waals surface area contributed by atoms with Gasteiger partial charge in [-0.2, -0.15) is 0 Å². The second-order valence-corrected chi connectivity index (χ2v) is 5.18. The Labute approximate surface area is 115 Å². The van der Waals surface area contributed by atoms with E-state index < -0.39 is 6.10 Å². The molecule has 4 nitrogen and oxygen atoms in total. The van der Waals surface area contributed by atoms with E-state index in [1.165, 1.54) is 5.56 Å². The number of rotatable bonds is 5. The molecule has 1 fully saturated rings. The number of hydrogen-bond donors (Lipinski definition) is 2. The fraction of sp³-hybridized carbons (Fsp3) is 0.600. The van der Waals surface area contributed by atoms with Crippen molar-refractivity contribution < 1.29 is 9.84 Å². The van der Waals surface area contributed by atoms with Crippen LogP contribution in [0.25, 0.3) is 0 Å². The van der Waals surface area contributed by atoms with Crippen LogP contribution in [-0.4, -0.2) is 55.4 Å². The third-order valence-corrected chi connectivity index (χ3v) is 3.37. The largest absolute Gasteiger partial charge is 0.491 e. The molecule has 0 radical (unpaired) electrons. The molecule has 1 saturated heterocycles. The molecule has 0 saturated carbocycles. The lowest BCUT2D eigenvalue weighted by Crippen LogP contribution is -2.37. The van der Waals surface area contributed by atoms with Gasteiger partial charge in [0.1, 0.15) is 18.5 Å². The van der Waals surface area contributed by atoms with Crippen molar-refractivity contribution in [2.24, 2.45) is 0 Å². The minimum Gasteiger partial charge on any atom is -0.491 e. The normalized spacial score (nSPS) is 18.8. The van der Waals surface area contributed by atoms with Crippen LogP contribution in [0.5, 0.6) is 5.75 Å². The van der Waals surface area contributed by atoms with Crippen LogP contribution >= 0.6 is 0 Å². The van der Waals surface area contributed by atoms with Gasteiger partial charge in [-0.1, -0.05) is 17.7 Å². The number of aryl methyl sites for hydroxylation is 1. The van der Waals surface area contributed by atoms with Crippen molar-refractivity contribution in [1.29, 1.82) is 0 Å². The molecule has 0 bridgehead atoms. The van der Waals surface area contributed by atoms with Gasteiger partial charge >= 0.3 is 0 Å². The summed E-state index contributed by atoms with van der Waals surface area (Å²) in [5.41, 5.74) is 1.21. The predicted molar refractivity (Wildman–Crippen MR) is 76.6 cm³/mol. The van der Waals surface area contributed by atoms with Crippen LogP contribution in [-0.2, 0) is 0 Å². The van der Waals surface area contributed by atoms with Crippen molar-refractivity contribution in [2.45, 2.75) is 19.4 Å². The molecule has 1 aromatic rings. The van der Waals surface area contributed by atoms with Crippen molar-refractivity contribution >= 4 is 0 Å². The fourth-order valence-corrected chi connectivity index (χ4v) is 2.26. The molecule has 0 aromatic heterocycles. The zero-order chi connectivity index (χ0) is 13.5. The molecule has 106 valence electrons.